The summed E-state index contributed by atoms with van der Waals surface area (Å²) < 4.78 is 0. The number of aromatic amines is 1. The Bertz CT molecular complexity index is 379. The minimum absolute atomic E-state index is 0.126. The average Bonchev–Trinajstić information content (AvgIpc) is 2.15. The van der Waals surface area contributed by atoms with E-state index in [1.54, 1.807) is 0 Å². The van der Waals surface area contributed by atoms with Crippen molar-refractivity contribution in [2.75, 3.05) is 0 Å². The number of H-pyrrole nitrogens is 1. The lowest BCUT2D eigenvalue weighted by Gasteiger charge is -2.10. The molecule has 68 valence electrons. The first kappa shape index (κ1) is 9.45. The zero-order chi connectivity index (χ0) is 9.84. The molecule has 0 aromatic carbocycles. The van der Waals surface area contributed by atoms with Crippen molar-refractivity contribution >= 4 is 0 Å². The SMILES string of the molecule is N#CC(O)C(O)c1cc(=O)cc[nH]1. The summed E-state index contributed by atoms with van der Waals surface area (Å²) in [6.07, 6.45) is -1.57. The molecule has 1 heterocycles. The van der Waals surface area contributed by atoms with Gasteiger partial charge >= 0.3 is 0 Å². The fourth-order valence-corrected chi connectivity index (χ4v) is 0.875. The van der Waals surface area contributed by atoms with Gasteiger partial charge in [0.15, 0.2) is 11.5 Å². The van der Waals surface area contributed by atoms with Crippen LogP contribution in [0.25, 0.3) is 0 Å². The predicted molar refractivity (Wildman–Crippen MR) is 43.6 cm³/mol. The highest BCUT2D eigenvalue weighted by atomic mass is 16.3. The lowest BCUT2D eigenvalue weighted by molar-refractivity contribution is 0.0498. The molecule has 3 N–H and O–H groups in total. The number of aromatic nitrogens is 1. The zero-order valence-corrected chi connectivity index (χ0v) is 6.64. The van der Waals surface area contributed by atoms with E-state index in [0.29, 0.717) is 0 Å². The molecular formula is C8H8N2O3. The average molecular weight is 180 g/mol. The summed E-state index contributed by atoms with van der Waals surface area (Å²) in [6, 6.07) is 3.87. The maximum atomic E-state index is 10.8. The van der Waals surface area contributed by atoms with Gasteiger partial charge in [0, 0.05) is 18.3 Å². The van der Waals surface area contributed by atoms with Gasteiger partial charge < -0.3 is 15.2 Å². The maximum absolute atomic E-state index is 10.8. The van der Waals surface area contributed by atoms with Gasteiger partial charge in [-0.15, -0.1) is 0 Å². The number of hydrogen-bond donors (Lipinski definition) is 3. The van der Waals surface area contributed by atoms with Crippen LogP contribution in [-0.2, 0) is 0 Å². The van der Waals surface area contributed by atoms with Crippen molar-refractivity contribution < 1.29 is 10.2 Å². The molecule has 0 aliphatic rings. The third-order valence-corrected chi connectivity index (χ3v) is 1.55. The van der Waals surface area contributed by atoms with Crippen LogP contribution in [0.4, 0.5) is 0 Å². The summed E-state index contributed by atoms with van der Waals surface area (Å²) in [5.74, 6) is 0. The van der Waals surface area contributed by atoms with Gasteiger partial charge in [-0.1, -0.05) is 0 Å². The second-order valence-corrected chi connectivity index (χ2v) is 2.50. The Morgan fingerprint density at radius 2 is 2.23 bits per heavy atom. The molecule has 0 aliphatic carbocycles. The van der Waals surface area contributed by atoms with Crippen LogP contribution in [0, 0.1) is 11.3 Å². The van der Waals surface area contributed by atoms with E-state index in [1.165, 1.54) is 18.3 Å². The minimum atomic E-state index is -1.53. The van der Waals surface area contributed by atoms with E-state index in [9.17, 15) is 9.90 Å². The Kier molecular flexibility index (Phi) is 2.80. The fraction of sp³-hybridized carbons (Fsp3) is 0.250. The first-order valence-corrected chi connectivity index (χ1v) is 3.59. The molecule has 1 rings (SSSR count). The third-order valence-electron chi connectivity index (χ3n) is 1.55. The highest BCUT2D eigenvalue weighted by Crippen LogP contribution is 2.11. The van der Waals surface area contributed by atoms with Crippen LogP contribution in [-0.4, -0.2) is 21.3 Å². The lowest BCUT2D eigenvalue weighted by Crippen LogP contribution is -2.18. The quantitative estimate of drug-likeness (QED) is 0.524. The second-order valence-electron chi connectivity index (χ2n) is 2.50. The minimum Gasteiger partial charge on any atom is -0.383 e. The van der Waals surface area contributed by atoms with E-state index in [2.05, 4.69) is 4.98 Å². The van der Waals surface area contributed by atoms with Gasteiger partial charge in [0.1, 0.15) is 6.10 Å². The van der Waals surface area contributed by atoms with Gasteiger partial charge in [0.25, 0.3) is 0 Å². The van der Waals surface area contributed by atoms with Crippen molar-refractivity contribution in [3.05, 3.63) is 34.2 Å². The highest BCUT2D eigenvalue weighted by molar-refractivity contribution is 5.11. The van der Waals surface area contributed by atoms with Crippen LogP contribution >= 0.6 is 0 Å². The summed E-state index contributed by atoms with van der Waals surface area (Å²) in [5.41, 5.74) is -0.167. The topological polar surface area (TPSA) is 97.1 Å². The summed E-state index contributed by atoms with van der Waals surface area (Å²) in [5, 5.41) is 26.5. The van der Waals surface area contributed by atoms with E-state index >= 15 is 0 Å². The molecule has 5 nitrogen and oxygen atoms in total. The molecule has 0 radical (unpaired) electrons. The van der Waals surface area contributed by atoms with Crippen molar-refractivity contribution in [1.82, 2.24) is 4.98 Å². The molecule has 5 heteroatoms. The summed E-state index contributed by atoms with van der Waals surface area (Å²) >= 11 is 0. The first-order valence-electron chi connectivity index (χ1n) is 3.59. The molecule has 1 aromatic rings. The summed E-state index contributed by atoms with van der Waals surface area (Å²) in [7, 11) is 0. The zero-order valence-electron chi connectivity index (χ0n) is 6.64. The molecule has 13 heavy (non-hydrogen) atoms. The van der Waals surface area contributed by atoms with Gasteiger partial charge in [-0.05, 0) is 0 Å². The highest BCUT2D eigenvalue weighted by Gasteiger charge is 2.17. The van der Waals surface area contributed by atoms with Crippen LogP contribution < -0.4 is 5.43 Å². The third kappa shape index (κ3) is 2.15. The van der Waals surface area contributed by atoms with Crippen LogP contribution in [0.5, 0.6) is 0 Å². The Hall–Kier alpha value is -1.64. The molecule has 0 saturated heterocycles. The molecule has 0 spiro atoms. The number of aliphatic hydroxyl groups is 2. The smallest absolute Gasteiger partial charge is 0.181 e. The molecule has 0 aliphatic heterocycles. The molecule has 1 aromatic heterocycles. The molecule has 2 unspecified atom stereocenters. The van der Waals surface area contributed by atoms with Crippen molar-refractivity contribution in [3.63, 3.8) is 0 Å². The number of pyridine rings is 1. The Morgan fingerprint density at radius 3 is 2.77 bits per heavy atom. The van der Waals surface area contributed by atoms with Crippen LogP contribution in [0.1, 0.15) is 11.8 Å². The molecule has 0 fully saturated rings. The monoisotopic (exact) mass is 180 g/mol. The standard InChI is InChI=1S/C8H8N2O3/c9-4-7(12)8(13)6-3-5(11)1-2-10-6/h1-3,7-8,12-13H,(H,10,11). The van der Waals surface area contributed by atoms with Gasteiger partial charge in [0.05, 0.1) is 11.8 Å². The van der Waals surface area contributed by atoms with E-state index in [0.717, 1.165) is 6.07 Å². The van der Waals surface area contributed by atoms with Crippen molar-refractivity contribution in [3.8, 4) is 6.07 Å². The van der Waals surface area contributed by atoms with Crippen molar-refractivity contribution in [1.29, 1.82) is 5.26 Å². The van der Waals surface area contributed by atoms with Gasteiger partial charge in [-0.3, -0.25) is 4.79 Å². The van der Waals surface area contributed by atoms with Crippen LogP contribution in [0.2, 0.25) is 0 Å². The van der Waals surface area contributed by atoms with Crippen molar-refractivity contribution in [2.45, 2.75) is 12.2 Å². The number of rotatable bonds is 2. The largest absolute Gasteiger partial charge is 0.383 e. The van der Waals surface area contributed by atoms with Crippen LogP contribution in [0.15, 0.2) is 23.1 Å². The lowest BCUT2D eigenvalue weighted by atomic mass is 10.1. The molecule has 0 saturated carbocycles. The molecule has 0 amide bonds. The maximum Gasteiger partial charge on any atom is 0.181 e. The molecular weight excluding hydrogens is 172 g/mol. The number of nitrogens with zero attached hydrogens (tertiary/aromatic N) is 1. The van der Waals surface area contributed by atoms with E-state index in [-0.39, 0.29) is 11.1 Å². The fourth-order valence-electron chi connectivity index (χ4n) is 0.875. The summed E-state index contributed by atoms with van der Waals surface area (Å²) in [4.78, 5) is 13.4. The molecule has 0 bridgehead atoms. The first-order chi connectivity index (χ1) is 6.15. The number of aliphatic hydroxyl groups excluding tert-OH is 2. The Morgan fingerprint density at radius 1 is 1.54 bits per heavy atom. The predicted octanol–water partition coefficient (Wildman–Crippen LogP) is -0.707. The number of nitrogens with one attached hydrogen (secondary N) is 1. The second kappa shape index (κ2) is 3.85. The molecule has 2 atom stereocenters. The van der Waals surface area contributed by atoms with Gasteiger partial charge in [-0.2, -0.15) is 5.26 Å². The van der Waals surface area contributed by atoms with Crippen molar-refractivity contribution in [2.24, 2.45) is 0 Å². The van der Waals surface area contributed by atoms with E-state index in [1.807, 2.05) is 0 Å². The van der Waals surface area contributed by atoms with Crippen LogP contribution in [0.3, 0.4) is 0 Å². The normalized spacial score (nSPS) is 14.5. The Labute approximate surface area is 73.9 Å². The summed E-state index contributed by atoms with van der Waals surface area (Å²) in [6.45, 7) is 0. The van der Waals surface area contributed by atoms with Gasteiger partial charge in [-0.25, -0.2) is 0 Å². The Balaban J connectivity index is 2.96. The van der Waals surface area contributed by atoms with E-state index in [4.69, 9.17) is 10.4 Å². The number of nitriles is 1. The number of hydrogen-bond acceptors (Lipinski definition) is 4. The van der Waals surface area contributed by atoms with Gasteiger partial charge in [0.2, 0.25) is 0 Å². The van der Waals surface area contributed by atoms with E-state index < -0.39 is 12.2 Å².